The summed E-state index contributed by atoms with van der Waals surface area (Å²) in [6.07, 6.45) is 5.28. The van der Waals surface area contributed by atoms with E-state index in [-0.39, 0.29) is 17.2 Å². The second kappa shape index (κ2) is 6.87. The minimum absolute atomic E-state index is 0.0314. The number of aromatic nitrogens is 1. The Morgan fingerprint density at radius 1 is 1.07 bits per heavy atom. The van der Waals surface area contributed by atoms with E-state index >= 15 is 0 Å². The summed E-state index contributed by atoms with van der Waals surface area (Å²) in [5, 5.41) is 8.69. The fourth-order valence-electron chi connectivity index (χ4n) is 3.49. The van der Waals surface area contributed by atoms with E-state index in [0.717, 1.165) is 11.1 Å². The van der Waals surface area contributed by atoms with E-state index in [1.807, 2.05) is 54.6 Å². The first-order chi connectivity index (χ1) is 14.2. The summed E-state index contributed by atoms with van der Waals surface area (Å²) in [7, 11) is 0. The SMILES string of the molecule is O=C(Nc1ccc(-c2ccccc2)cc1)c1c[nH]c2c(c1=O)C=NC1CC=NN21. The van der Waals surface area contributed by atoms with Crippen molar-refractivity contribution in [3.05, 3.63) is 82.1 Å². The molecular weight excluding hydrogens is 366 g/mol. The molecule has 1 amide bonds. The number of rotatable bonds is 3. The second-order valence-corrected chi connectivity index (χ2v) is 6.83. The molecule has 0 saturated carbocycles. The Bertz CT molecular complexity index is 1200. The number of carbonyl (C=O) groups excluding carboxylic acids is 1. The molecule has 0 aliphatic carbocycles. The number of nitrogens with one attached hydrogen (secondary N) is 2. The Hall–Kier alpha value is -4.00. The highest BCUT2D eigenvalue weighted by molar-refractivity contribution is 6.05. The van der Waals surface area contributed by atoms with Crippen LogP contribution in [0.1, 0.15) is 22.3 Å². The molecule has 2 aliphatic heterocycles. The van der Waals surface area contributed by atoms with Gasteiger partial charge in [0.15, 0.2) is 0 Å². The summed E-state index contributed by atoms with van der Waals surface area (Å²) in [6.45, 7) is 0. The van der Waals surface area contributed by atoms with Crippen molar-refractivity contribution < 1.29 is 4.79 Å². The molecule has 1 atom stereocenters. The maximum Gasteiger partial charge on any atom is 0.261 e. The van der Waals surface area contributed by atoms with Gasteiger partial charge in [0.25, 0.3) is 5.91 Å². The molecule has 2 N–H and O–H groups in total. The van der Waals surface area contributed by atoms with Gasteiger partial charge in [-0.1, -0.05) is 42.5 Å². The number of hydrogen-bond acceptors (Lipinski definition) is 5. The van der Waals surface area contributed by atoms with Gasteiger partial charge < -0.3 is 10.3 Å². The highest BCUT2D eigenvalue weighted by atomic mass is 16.2. The lowest BCUT2D eigenvalue weighted by atomic mass is 10.1. The number of hydrogen-bond donors (Lipinski definition) is 2. The molecule has 7 nitrogen and oxygen atoms in total. The van der Waals surface area contributed by atoms with E-state index in [1.165, 1.54) is 12.4 Å². The summed E-state index contributed by atoms with van der Waals surface area (Å²) in [6, 6.07) is 17.5. The van der Waals surface area contributed by atoms with Crippen LogP contribution in [-0.4, -0.2) is 29.5 Å². The van der Waals surface area contributed by atoms with Crippen LogP contribution < -0.4 is 15.8 Å². The lowest BCUT2D eigenvalue weighted by Gasteiger charge is -2.25. The highest BCUT2D eigenvalue weighted by Crippen LogP contribution is 2.26. The van der Waals surface area contributed by atoms with Crippen molar-refractivity contribution in [2.45, 2.75) is 12.6 Å². The van der Waals surface area contributed by atoms with Crippen molar-refractivity contribution in [1.82, 2.24) is 4.98 Å². The van der Waals surface area contributed by atoms with Gasteiger partial charge in [-0.2, -0.15) is 5.10 Å². The zero-order chi connectivity index (χ0) is 19.8. The number of pyridine rings is 1. The van der Waals surface area contributed by atoms with Crippen molar-refractivity contribution in [3.63, 3.8) is 0 Å². The fraction of sp³-hybridized carbons (Fsp3) is 0.0909. The van der Waals surface area contributed by atoms with Crippen molar-refractivity contribution in [3.8, 4) is 11.1 Å². The maximum absolute atomic E-state index is 12.8. The van der Waals surface area contributed by atoms with Crippen molar-refractivity contribution >= 4 is 29.8 Å². The minimum Gasteiger partial charge on any atom is -0.345 e. The molecule has 5 rings (SSSR count). The number of fused-ring (bicyclic) bond motifs is 3. The lowest BCUT2D eigenvalue weighted by molar-refractivity contribution is 0.102. The van der Waals surface area contributed by atoms with Gasteiger partial charge in [0.1, 0.15) is 17.5 Å². The standard InChI is InChI=1S/C22H17N5O2/c28-20-17-12-23-19-10-11-25-27(19)21(17)24-13-18(20)22(29)26-16-8-6-15(7-9-16)14-4-2-1-3-5-14/h1-9,11-13,19H,10H2,(H,24,28)(H,26,29). The molecule has 0 radical (unpaired) electrons. The number of aliphatic imine (C=N–C) groups is 1. The Balaban J connectivity index is 1.39. The average Bonchev–Trinajstić information content (AvgIpc) is 3.24. The van der Waals surface area contributed by atoms with Gasteiger partial charge in [0.05, 0.1) is 5.56 Å². The van der Waals surface area contributed by atoms with Crippen LogP contribution in [-0.2, 0) is 0 Å². The quantitative estimate of drug-likeness (QED) is 0.727. The van der Waals surface area contributed by atoms with Crippen LogP contribution in [0, 0.1) is 0 Å². The van der Waals surface area contributed by atoms with Crippen LogP contribution >= 0.6 is 0 Å². The molecule has 29 heavy (non-hydrogen) atoms. The monoisotopic (exact) mass is 383 g/mol. The molecule has 1 aromatic heterocycles. The Morgan fingerprint density at radius 2 is 1.83 bits per heavy atom. The van der Waals surface area contributed by atoms with Crippen LogP contribution in [0.5, 0.6) is 0 Å². The molecular formula is C22H17N5O2. The minimum atomic E-state index is -0.470. The number of aromatic amines is 1. The maximum atomic E-state index is 12.8. The number of nitrogens with zero attached hydrogens (tertiary/aromatic N) is 3. The normalized spacial score (nSPS) is 16.4. The van der Waals surface area contributed by atoms with Gasteiger partial charge in [-0.15, -0.1) is 0 Å². The van der Waals surface area contributed by atoms with Crippen molar-refractivity contribution in [1.29, 1.82) is 0 Å². The van der Waals surface area contributed by atoms with Gasteiger partial charge in [0, 0.05) is 30.7 Å². The summed E-state index contributed by atoms with van der Waals surface area (Å²) in [5.41, 5.74) is 2.76. The molecule has 142 valence electrons. The Labute approximate surface area is 166 Å². The van der Waals surface area contributed by atoms with Crippen LogP contribution in [0.15, 0.2) is 75.7 Å². The van der Waals surface area contributed by atoms with E-state index in [9.17, 15) is 9.59 Å². The van der Waals surface area contributed by atoms with Crippen LogP contribution in [0.25, 0.3) is 11.1 Å². The van der Waals surface area contributed by atoms with E-state index in [4.69, 9.17) is 0 Å². The zero-order valence-corrected chi connectivity index (χ0v) is 15.4. The first-order valence-electron chi connectivity index (χ1n) is 9.28. The van der Waals surface area contributed by atoms with Crippen LogP contribution in [0.4, 0.5) is 11.5 Å². The van der Waals surface area contributed by atoms with Crippen molar-refractivity contribution in [2.24, 2.45) is 10.1 Å². The van der Waals surface area contributed by atoms with Crippen LogP contribution in [0.3, 0.4) is 0 Å². The first-order valence-corrected chi connectivity index (χ1v) is 9.28. The predicted octanol–water partition coefficient (Wildman–Crippen LogP) is 3.25. The van der Waals surface area contributed by atoms with Gasteiger partial charge in [-0.05, 0) is 23.3 Å². The second-order valence-electron chi connectivity index (χ2n) is 6.83. The highest BCUT2D eigenvalue weighted by Gasteiger charge is 2.29. The molecule has 3 heterocycles. The molecule has 3 aromatic rings. The molecule has 2 aromatic carbocycles. The van der Waals surface area contributed by atoms with E-state index in [0.29, 0.717) is 23.5 Å². The van der Waals surface area contributed by atoms with Gasteiger partial charge in [-0.3, -0.25) is 14.6 Å². The molecule has 0 spiro atoms. The summed E-state index contributed by atoms with van der Waals surface area (Å²) < 4.78 is 0. The predicted molar refractivity (Wildman–Crippen MR) is 114 cm³/mol. The van der Waals surface area contributed by atoms with Crippen LogP contribution in [0.2, 0.25) is 0 Å². The van der Waals surface area contributed by atoms with E-state index < -0.39 is 5.91 Å². The number of amides is 1. The summed E-state index contributed by atoms with van der Waals surface area (Å²) in [4.78, 5) is 32.9. The van der Waals surface area contributed by atoms with E-state index in [1.54, 1.807) is 11.2 Å². The third kappa shape index (κ3) is 3.02. The topological polar surface area (TPSA) is 89.9 Å². The third-order valence-corrected chi connectivity index (χ3v) is 5.00. The molecule has 7 heteroatoms. The number of anilines is 2. The van der Waals surface area contributed by atoms with E-state index in [2.05, 4.69) is 20.4 Å². The molecule has 1 unspecified atom stereocenters. The fourth-order valence-corrected chi connectivity index (χ4v) is 3.49. The third-order valence-electron chi connectivity index (χ3n) is 5.00. The molecule has 0 fully saturated rings. The molecule has 0 saturated heterocycles. The average molecular weight is 383 g/mol. The van der Waals surface area contributed by atoms with Gasteiger partial charge in [0.2, 0.25) is 5.43 Å². The summed E-state index contributed by atoms with van der Waals surface area (Å²) in [5.74, 6) is 0.0921. The largest absolute Gasteiger partial charge is 0.345 e. The lowest BCUT2D eigenvalue weighted by Crippen LogP contribution is -2.34. The number of H-pyrrole nitrogens is 1. The smallest absolute Gasteiger partial charge is 0.261 e. The molecule has 2 aliphatic rings. The van der Waals surface area contributed by atoms with Gasteiger partial charge >= 0.3 is 0 Å². The Morgan fingerprint density at radius 3 is 2.62 bits per heavy atom. The Kier molecular flexibility index (Phi) is 4.05. The van der Waals surface area contributed by atoms with Gasteiger partial charge in [-0.25, -0.2) is 5.01 Å². The number of benzene rings is 2. The summed E-state index contributed by atoms with van der Waals surface area (Å²) >= 11 is 0. The zero-order valence-electron chi connectivity index (χ0n) is 15.4. The first kappa shape index (κ1) is 17.1. The number of hydrazone groups is 1. The number of carbonyl (C=O) groups is 1. The molecule has 0 bridgehead atoms. The van der Waals surface area contributed by atoms with Crippen molar-refractivity contribution in [2.75, 3.05) is 10.3 Å².